The highest BCUT2D eigenvalue weighted by atomic mass is 16.1. The molecule has 0 unspecified atom stereocenters. The van der Waals surface area contributed by atoms with E-state index >= 15 is 0 Å². The summed E-state index contributed by atoms with van der Waals surface area (Å²) < 4.78 is 0. The van der Waals surface area contributed by atoms with Gasteiger partial charge >= 0.3 is 0 Å². The number of carbonyl (C=O) groups excluding carboxylic acids is 1. The molecule has 0 radical (unpaired) electrons. The van der Waals surface area contributed by atoms with E-state index in [9.17, 15) is 4.79 Å². The Morgan fingerprint density at radius 3 is 2.73 bits per heavy atom. The average molecular weight is 347 g/mol. The van der Waals surface area contributed by atoms with Crippen molar-refractivity contribution in [2.45, 2.75) is 32.1 Å². The lowest BCUT2D eigenvalue weighted by atomic mass is 9.95. The number of hydrogen-bond donors (Lipinski definition) is 3. The standard InChI is InChI=1S/C22H25N3O/c26-22(24-14-6-13-23-17-7-2-1-3-8-17)16-11-12-21-19(15-16)18-9-4-5-10-20(18)25-21/h1-3,7-8,11-12,15,23,25H,4-6,9-10,13-14H2,(H,24,26). The summed E-state index contributed by atoms with van der Waals surface area (Å²) in [5, 5.41) is 7.61. The van der Waals surface area contributed by atoms with E-state index in [-0.39, 0.29) is 5.91 Å². The van der Waals surface area contributed by atoms with Gasteiger partial charge in [-0.05, 0) is 68.0 Å². The summed E-state index contributed by atoms with van der Waals surface area (Å²) in [5.41, 5.74) is 5.78. The smallest absolute Gasteiger partial charge is 0.251 e. The fourth-order valence-electron chi connectivity index (χ4n) is 3.73. The van der Waals surface area contributed by atoms with Gasteiger partial charge in [-0.1, -0.05) is 18.2 Å². The van der Waals surface area contributed by atoms with Crippen molar-refractivity contribution < 1.29 is 4.79 Å². The lowest BCUT2D eigenvalue weighted by Crippen LogP contribution is -2.25. The molecule has 4 nitrogen and oxygen atoms in total. The zero-order valence-electron chi connectivity index (χ0n) is 15.0. The van der Waals surface area contributed by atoms with Crippen LogP contribution in [0.15, 0.2) is 48.5 Å². The van der Waals surface area contributed by atoms with Crippen LogP contribution in [-0.2, 0) is 12.8 Å². The second-order valence-corrected chi connectivity index (χ2v) is 6.95. The molecular formula is C22H25N3O. The maximum absolute atomic E-state index is 12.5. The molecule has 0 fully saturated rings. The number of aryl methyl sites for hydroxylation is 2. The number of hydrogen-bond acceptors (Lipinski definition) is 2. The second kappa shape index (κ2) is 7.65. The predicted octanol–water partition coefficient (Wildman–Crippen LogP) is 4.28. The zero-order valence-corrected chi connectivity index (χ0v) is 15.0. The Hall–Kier alpha value is -2.75. The normalized spacial score (nSPS) is 13.4. The third-order valence-electron chi connectivity index (χ3n) is 5.10. The van der Waals surface area contributed by atoms with Gasteiger partial charge in [-0.15, -0.1) is 0 Å². The lowest BCUT2D eigenvalue weighted by Gasteiger charge is -2.11. The van der Waals surface area contributed by atoms with Gasteiger partial charge in [0.2, 0.25) is 0 Å². The lowest BCUT2D eigenvalue weighted by molar-refractivity contribution is 0.0953. The van der Waals surface area contributed by atoms with Gasteiger partial charge in [0.05, 0.1) is 0 Å². The van der Waals surface area contributed by atoms with E-state index in [1.54, 1.807) is 0 Å². The molecule has 0 saturated heterocycles. The first-order valence-corrected chi connectivity index (χ1v) is 9.52. The number of carbonyl (C=O) groups is 1. The summed E-state index contributed by atoms with van der Waals surface area (Å²) in [6, 6.07) is 16.1. The molecule has 1 heterocycles. The van der Waals surface area contributed by atoms with Crippen LogP contribution in [0, 0.1) is 0 Å². The summed E-state index contributed by atoms with van der Waals surface area (Å²) in [6.45, 7) is 1.51. The highest BCUT2D eigenvalue weighted by molar-refractivity contribution is 5.99. The van der Waals surface area contributed by atoms with Crippen LogP contribution in [0.25, 0.3) is 10.9 Å². The van der Waals surface area contributed by atoms with Crippen LogP contribution < -0.4 is 10.6 Å². The molecular weight excluding hydrogens is 322 g/mol. The van der Waals surface area contributed by atoms with Crippen LogP contribution >= 0.6 is 0 Å². The highest BCUT2D eigenvalue weighted by Gasteiger charge is 2.16. The number of rotatable bonds is 6. The molecule has 0 spiro atoms. The van der Waals surface area contributed by atoms with Gasteiger partial charge in [0.1, 0.15) is 0 Å². The SMILES string of the molecule is O=C(NCCCNc1ccccc1)c1ccc2[nH]c3c(c2c1)CCCC3. The number of aromatic amines is 1. The fraction of sp³-hybridized carbons (Fsp3) is 0.318. The van der Waals surface area contributed by atoms with E-state index in [1.165, 1.54) is 29.5 Å². The van der Waals surface area contributed by atoms with Gasteiger partial charge in [0.15, 0.2) is 0 Å². The van der Waals surface area contributed by atoms with Crippen LogP contribution in [0.5, 0.6) is 0 Å². The van der Waals surface area contributed by atoms with Gasteiger partial charge in [-0.25, -0.2) is 0 Å². The van der Waals surface area contributed by atoms with Gasteiger partial charge in [0, 0.05) is 40.9 Å². The molecule has 3 N–H and O–H groups in total. The van der Waals surface area contributed by atoms with Crippen LogP contribution in [0.4, 0.5) is 5.69 Å². The summed E-state index contributed by atoms with van der Waals surface area (Å²) in [6.07, 6.45) is 5.63. The Morgan fingerprint density at radius 1 is 1.00 bits per heavy atom. The van der Waals surface area contributed by atoms with E-state index in [0.717, 1.165) is 42.6 Å². The van der Waals surface area contributed by atoms with E-state index in [4.69, 9.17) is 0 Å². The minimum absolute atomic E-state index is 0.0115. The van der Waals surface area contributed by atoms with E-state index in [0.29, 0.717) is 6.54 Å². The van der Waals surface area contributed by atoms with Crippen LogP contribution in [-0.4, -0.2) is 24.0 Å². The molecule has 1 amide bonds. The molecule has 2 aromatic carbocycles. The molecule has 134 valence electrons. The molecule has 0 aliphatic heterocycles. The minimum atomic E-state index is 0.0115. The molecule has 4 rings (SSSR count). The van der Waals surface area contributed by atoms with Crippen molar-refractivity contribution in [2.24, 2.45) is 0 Å². The molecule has 0 bridgehead atoms. The number of para-hydroxylation sites is 1. The van der Waals surface area contributed by atoms with Gasteiger partial charge in [-0.3, -0.25) is 4.79 Å². The van der Waals surface area contributed by atoms with Crippen molar-refractivity contribution in [1.29, 1.82) is 0 Å². The van der Waals surface area contributed by atoms with Crippen molar-refractivity contribution in [2.75, 3.05) is 18.4 Å². The average Bonchev–Trinajstić information content (AvgIpc) is 3.06. The monoisotopic (exact) mass is 347 g/mol. The summed E-state index contributed by atoms with van der Waals surface area (Å²) in [4.78, 5) is 16.0. The van der Waals surface area contributed by atoms with Crippen molar-refractivity contribution in [3.63, 3.8) is 0 Å². The number of aromatic nitrogens is 1. The zero-order chi connectivity index (χ0) is 17.8. The Balaban J connectivity index is 1.33. The Morgan fingerprint density at radius 2 is 1.85 bits per heavy atom. The van der Waals surface area contributed by atoms with E-state index < -0.39 is 0 Å². The number of fused-ring (bicyclic) bond motifs is 3. The van der Waals surface area contributed by atoms with Crippen molar-refractivity contribution >= 4 is 22.5 Å². The maximum atomic E-state index is 12.5. The molecule has 1 aromatic heterocycles. The molecule has 4 heteroatoms. The van der Waals surface area contributed by atoms with Gasteiger partial charge < -0.3 is 15.6 Å². The number of benzene rings is 2. The number of amides is 1. The molecule has 0 atom stereocenters. The van der Waals surface area contributed by atoms with Crippen molar-refractivity contribution in [1.82, 2.24) is 10.3 Å². The molecule has 1 aliphatic carbocycles. The second-order valence-electron chi connectivity index (χ2n) is 6.95. The third kappa shape index (κ3) is 3.59. The van der Waals surface area contributed by atoms with Crippen LogP contribution in [0.2, 0.25) is 0 Å². The minimum Gasteiger partial charge on any atom is -0.385 e. The quantitative estimate of drug-likeness (QED) is 0.583. The number of H-pyrrole nitrogens is 1. The van der Waals surface area contributed by atoms with Crippen LogP contribution in [0.1, 0.15) is 40.9 Å². The molecule has 3 aromatic rings. The first-order valence-electron chi connectivity index (χ1n) is 9.52. The predicted molar refractivity (Wildman–Crippen MR) is 107 cm³/mol. The number of anilines is 1. The van der Waals surface area contributed by atoms with Gasteiger partial charge in [-0.2, -0.15) is 0 Å². The summed E-state index contributed by atoms with van der Waals surface area (Å²) >= 11 is 0. The van der Waals surface area contributed by atoms with Gasteiger partial charge in [0.25, 0.3) is 5.91 Å². The Bertz CT molecular complexity index is 898. The molecule has 0 saturated carbocycles. The summed E-state index contributed by atoms with van der Waals surface area (Å²) in [7, 11) is 0. The summed E-state index contributed by atoms with van der Waals surface area (Å²) in [5.74, 6) is 0.0115. The first kappa shape index (κ1) is 16.7. The number of nitrogens with one attached hydrogen (secondary N) is 3. The topological polar surface area (TPSA) is 56.9 Å². The Labute approximate surface area is 154 Å². The molecule has 1 aliphatic rings. The van der Waals surface area contributed by atoms with E-state index in [2.05, 4.69) is 15.6 Å². The first-order chi connectivity index (χ1) is 12.8. The van der Waals surface area contributed by atoms with E-state index in [1.807, 2.05) is 48.5 Å². The fourth-order valence-corrected chi connectivity index (χ4v) is 3.73. The Kier molecular flexibility index (Phi) is 4.91. The van der Waals surface area contributed by atoms with Crippen molar-refractivity contribution in [3.05, 3.63) is 65.4 Å². The van der Waals surface area contributed by atoms with Crippen molar-refractivity contribution in [3.8, 4) is 0 Å². The largest absolute Gasteiger partial charge is 0.385 e. The highest BCUT2D eigenvalue weighted by Crippen LogP contribution is 2.29. The molecule has 26 heavy (non-hydrogen) atoms. The third-order valence-corrected chi connectivity index (χ3v) is 5.10. The maximum Gasteiger partial charge on any atom is 0.251 e. The van der Waals surface area contributed by atoms with Crippen LogP contribution in [0.3, 0.4) is 0 Å².